The molecule has 1 aromatic carbocycles. The van der Waals surface area contributed by atoms with Crippen LogP contribution in [0.3, 0.4) is 0 Å². The van der Waals surface area contributed by atoms with Gasteiger partial charge in [-0.2, -0.15) is 0 Å². The average Bonchev–Trinajstić information content (AvgIpc) is 2.15. The number of hydrogen-bond donors (Lipinski definition) is 2. The third-order valence-electron chi connectivity index (χ3n) is 1.53. The predicted molar refractivity (Wildman–Crippen MR) is 50.6 cm³/mol. The second-order valence-corrected chi connectivity index (χ2v) is 2.67. The number of aliphatic carboxylic acids is 1. The van der Waals surface area contributed by atoms with E-state index in [1.807, 2.05) is 0 Å². The number of nitro benzene ring substituents is 1. The number of nitrogens with zero attached hydrogens (tertiary/aromatic N) is 1. The van der Waals surface area contributed by atoms with Gasteiger partial charge in [0, 0.05) is 11.8 Å². The van der Waals surface area contributed by atoms with E-state index >= 15 is 0 Å². The minimum absolute atomic E-state index is 0.114. The van der Waals surface area contributed by atoms with Crippen molar-refractivity contribution in [3.8, 4) is 5.75 Å². The zero-order chi connectivity index (χ0) is 11.4. The number of rotatable bonds is 4. The molecule has 0 fully saturated rings. The van der Waals surface area contributed by atoms with Gasteiger partial charge >= 0.3 is 11.7 Å². The fraction of sp³-hybridized carbons (Fsp3) is 0.125. The van der Waals surface area contributed by atoms with Crippen molar-refractivity contribution in [3.05, 3.63) is 28.3 Å². The van der Waals surface area contributed by atoms with Gasteiger partial charge in [0.2, 0.25) is 0 Å². The van der Waals surface area contributed by atoms with Crippen LogP contribution in [0.4, 0.5) is 11.4 Å². The van der Waals surface area contributed by atoms with Crippen molar-refractivity contribution in [3.63, 3.8) is 0 Å². The van der Waals surface area contributed by atoms with Crippen molar-refractivity contribution in [2.45, 2.75) is 0 Å². The highest BCUT2D eigenvalue weighted by Gasteiger charge is 2.16. The van der Waals surface area contributed by atoms with Gasteiger partial charge in [-0.1, -0.05) is 0 Å². The van der Waals surface area contributed by atoms with E-state index in [2.05, 4.69) is 0 Å². The van der Waals surface area contributed by atoms with Crippen LogP contribution in [0, 0.1) is 10.1 Å². The van der Waals surface area contributed by atoms with Gasteiger partial charge in [-0.15, -0.1) is 0 Å². The van der Waals surface area contributed by atoms with Gasteiger partial charge in [-0.05, 0) is 12.1 Å². The Morgan fingerprint density at radius 3 is 2.80 bits per heavy atom. The molecular weight excluding hydrogens is 204 g/mol. The molecule has 0 spiro atoms. The Morgan fingerprint density at radius 2 is 2.27 bits per heavy atom. The summed E-state index contributed by atoms with van der Waals surface area (Å²) in [4.78, 5) is 20.1. The molecule has 7 nitrogen and oxygen atoms in total. The molecule has 0 saturated heterocycles. The highest BCUT2D eigenvalue weighted by molar-refractivity contribution is 5.69. The number of hydrogen-bond acceptors (Lipinski definition) is 5. The average molecular weight is 212 g/mol. The topological polar surface area (TPSA) is 116 Å². The number of nitro groups is 1. The first-order valence-corrected chi connectivity index (χ1v) is 3.89. The van der Waals surface area contributed by atoms with Crippen LogP contribution in [-0.2, 0) is 4.79 Å². The third-order valence-corrected chi connectivity index (χ3v) is 1.53. The molecule has 80 valence electrons. The Balaban J connectivity index is 2.95. The summed E-state index contributed by atoms with van der Waals surface area (Å²) in [6.07, 6.45) is 0. The van der Waals surface area contributed by atoms with Crippen LogP contribution in [0.1, 0.15) is 0 Å². The van der Waals surface area contributed by atoms with Gasteiger partial charge < -0.3 is 15.6 Å². The molecule has 15 heavy (non-hydrogen) atoms. The Bertz CT molecular complexity index is 404. The van der Waals surface area contributed by atoms with Crippen LogP contribution in [0.25, 0.3) is 0 Å². The largest absolute Gasteiger partial charge is 0.479 e. The molecule has 0 aliphatic heterocycles. The molecule has 1 rings (SSSR count). The zero-order valence-electron chi connectivity index (χ0n) is 7.54. The van der Waals surface area contributed by atoms with Crippen molar-refractivity contribution < 1.29 is 19.6 Å². The van der Waals surface area contributed by atoms with Gasteiger partial charge in [-0.3, -0.25) is 10.1 Å². The van der Waals surface area contributed by atoms with Crippen LogP contribution < -0.4 is 10.5 Å². The SMILES string of the molecule is Nc1ccc(OCC(=O)O)c([N+](=O)[O-])c1. The minimum Gasteiger partial charge on any atom is -0.479 e. The van der Waals surface area contributed by atoms with Gasteiger partial charge in [-0.25, -0.2) is 4.79 Å². The molecular formula is C8H8N2O5. The first-order chi connectivity index (χ1) is 7.00. The summed E-state index contributed by atoms with van der Waals surface area (Å²) in [5.41, 5.74) is 5.21. The van der Waals surface area contributed by atoms with Gasteiger partial charge in [0.05, 0.1) is 4.92 Å². The van der Waals surface area contributed by atoms with E-state index in [0.29, 0.717) is 0 Å². The first-order valence-electron chi connectivity index (χ1n) is 3.89. The summed E-state index contributed by atoms with van der Waals surface area (Å²) < 4.78 is 4.72. The monoisotopic (exact) mass is 212 g/mol. The van der Waals surface area contributed by atoms with Crippen LogP contribution in [0.2, 0.25) is 0 Å². The molecule has 0 aromatic heterocycles. The van der Waals surface area contributed by atoms with Crippen LogP contribution in [0.15, 0.2) is 18.2 Å². The van der Waals surface area contributed by atoms with E-state index in [1.165, 1.54) is 12.1 Å². The third kappa shape index (κ3) is 2.83. The van der Waals surface area contributed by atoms with E-state index in [0.717, 1.165) is 6.07 Å². The summed E-state index contributed by atoms with van der Waals surface area (Å²) in [5, 5.41) is 18.9. The fourth-order valence-corrected chi connectivity index (χ4v) is 0.939. The number of nitrogens with two attached hydrogens (primary N) is 1. The molecule has 0 heterocycles. The normalized spacial score (nSPS) is 9.60. The lowest BCUT2D eigenvalue weighted by atomic mass is 10.2. The molecule has 0 aliphatic rings. The Hall–Kier alpha value is -2.31. The number of carboxylic acid groups (broad SMARTS) is 1. The second kappa shape index (κ2) is 4.27. The molecule has 0 atom stereocenters. The van der Waals surface area contributed by atoms with Crippen molar-refractivity contribution >= 4 is 17.3 Å². The maximum Gasteiger partial charge on any atom is 0.341 e. The highest BCUT2D eigenvalue weighted by atomic mass is 16.6. The maximum absolute atomic E-state index is 10.5. The molecule has 3 N–H and O–H groups in total. The van der Waals surface area contributed by atoms with Crippen molar-refractivity contribution in [2.24, 2.45) is 0 Å². The molecule has 0 bridgehead atoms. The van der Waals surface area contributed by atoms with E-state index in [9.17, 15) is 14.9 Å². The van der Waals surface area contributed by atoms with Gasteiger partial charge in [0.15, 0.2) is 12.4 Å². The molecule has 1 aromatic rings. The molecule has 0 radical (unpaired) electrons. The second-order valence-electron chi connectivity index (χ2n) is 2.67. The highest BCUT2D eigenvalue weighted by Crippen LogP contribution is 2.28. The van der Waals surface area contributed by atoms with Crippen LogP contribution >= 0.6 is 0 Å². The Morgan fingerprint density at radius 1 is 1.60 bits per heavy atom. The number of anilines is 1. The molecule has 0 aliphatic carbocycles. The summed E-state index contributed by atoms with van der Waals surface area (Å²) in [7, 11) is 0. The van der Waals surface area contributed by atoms with Gasteiger partial charge in [0.1, 0.15) is 0 Å². The van der Waals surface area contributed by atoms with E-state index < -0.39 is 17.5 Å². The lowest BCUT2D eigenvalue weighted by Crippen LogP contribution is -2.10. The van der Waals surface area contributed by atoms with Crippen molar-refractivity contribution in [2.75, 3.05) is 12.3 Å². The standard InChI is InChI=1S/C8H8N2O5/c9-5-1-2-7(15-4-8(11)12)6(3-5)10(13)14/h1-3H,4,9H2,(H,11,12). The number of carboxylic acids is 1. The molecule has 0 unspecified atom stereocenters. The molecule has 7 heteroatoms. The number of nitrogen functional groups attached to an aromatic ring is 1. The van der Waals surface area contributed by atoms with E-state index in [4.69, 9.17) is 15.6 Å². The van der Waals surface area contributed by atoms with Gasteiger partial charge in [0.25, 0.3) is 0 Å². The zero-order valence-corrected chi connectivity index (χ0v) is 7.54. The lowest BCUT2D eigenvalue weighted by molar-refractivity contribution is -0.385. The van der Waals surface area contributed by atoms with Crippen molar-refractivity contribution in [1.82, 2.24) is 0 Å². The quantitative estimate of drug-likeness (QED) is 0.429. The van der Waals surface area contributed by atoms with Crippen molar-refractivity contribution in [1.29, 1.82) is 0 Å². The summed E-state index contributed by atoms with van der Waals surface area (Å²) in [6.45, 7) is -0.634. The fourth-order valence-electron chi connectivity index (χ4n) is 0.939. The van der Waals surface area contributed by atoms with Crippen LogP contribution in [-0.4, -0.2) is 22.6 Å². The number of benzene rings is 1. The summed E-state index contributed by atoms with van der Waals surface area (Å²) >= 11 is 0. The number of carbonyl (C=O) groups is 1. The number of ether oxygens (including phenoxy) is 1. The molecule has 0 saturated carbocycles. The molecule has 0 amide bonds. The van der Waals surface area contributed by atoms with E-state index in [-0.39, 0.29) is 17.1 Å². The minimum atomic E-state index is -1.21. The smallest absolute Gasteiger partial charge is 0.341 e. The summed E-state index contributed by atoms with van der Waals surface area (Å²) in [6, 6.07) is 3.76. The predicted octanol–water partition coefficient (Wildman–Crippen LogP) is 0.640. The Labute approximate surface area is 84.2 Å². The lowest BCUT2D eigenvalue weighted by Gasteiger charge is -2.04. The maximum atomic E-state index is 10.5. The first kappa shape index (κ1) is 10.8. The van der Waals surface area contributed by atoms with E-state index in [1.54, 1.807) is 0 Å². The Kier molecular flexibility index (Phi) is 3.06. The summed E-state index contributed by atoms with van der Waals surface area (Å²) in [5.74, 6) is -1.32. The van der Waals surface area contributed by atoms with Crippen LogP contribution in [0.5, 0.6) is 5.75 Å².